The standard InChI is InChI=1S/C17H21NO2/c19-15(9-13-8-11-5-6-12(13)7-11)17-10-18-14-3-1-2-4-16(14)20-17/h1-4,11-13,17-18H,5-10H2. The van der Waals surface area contributed by atoms with Crippen molar-refractivity contribution in [3.63, 3.8) is 0 Å². The lowest BCUT2D eigenvalue weighted by Gasteiger charge is -2.28. The number of carbonyl (C=O) groups excluding carboxylic acids is 1. The molecule has 0 radical (unpaired) electrons. The maximum absolute atomic E-state index is 12.5. The van der Waals surface area contributed by atoms with Crippen molar-refractivity contribution in [1.82, 2.24) is 0 Å². The first-order valence-electron chi connectivity index (χ1n) is 7.82. The zero-order chi connectivity index (χ0) is 13.5. The fourth-order valence-electron chi connectivity index (χ4n) is 4.31. The van der Waals surface area contributed by atoms with Gasteiger partial charge in [-0.05, 0) is 49.1 Å². The molecule has 2 fully saturated rings. The van der Waals surface area contributed by atoms with E-state index in [1.807, 2.05) is 24.3 Å². The fourth-order valence-corrected chi connectivity index (χ4v) is 4.31. The maximum atomic E-state index is 12.5. The summed E-state index contributed by atoms with van der Waals surface area (Å²) in [6.45, 7) is 0.608. The van der Waals surface area contributed by atoms with E-state index in [9.17, 15) is 4.79 Å². The molecular formula is C17H21NO2. The van der Waals surface area contributed by atoms with Gasteiger partial charge in [0.1, 0.15) is 5.75 Å². The first-order chi connectivity index (χ1) is 9.79. The zero-order valence-corrected chi connectivity index (χ0v) is 11.7. The highest BCUT2D eigenvalue weighted by Crippen LogP contribution is 2.49. The lowest BCUT2D eigenvalue weighted by atomic mass is 9.84. The number of nitrogens with one attached hydrogen (secondary N) is 1. The van der Waals surface area contributed by atoms with E-state index in [0.717, 1.165) is 29.7 Å². The van der Waals surface area contributed by atoms with Gasteiger partial charge < -0.3 is 10.1 Å². The van der Waals surface area contributed by atoms with Crippen molar-refractivity contribution < 1.29 is 9.53 Å². The van der Waals surface area contributed by atoms with Crippen LogP contribution in [0.25, 0.3) is 0 Å². The number of benzene rings is 1. The quantitative estimate of drug-likeness (QED) is 0.917. The van der Waals surface area contributed by atoms with Crippen molar-refractivity contribution in [3.8, 4) is 5.75 Å². The number of hydrogen-bond acceptors (Lipinski definition) is 3. The second-order valence-electron chi connectivity index (χ2n) is 6.59. The van der Waals surface area contributed by atoms with Crippen molar-refractivity contribution in [2.45, 2.75) is 38.2 Å². The maximum Gasteiger partial charge on any atom is 0.175 e. The summed E-state index contributed by atoms with van der Waals surface area (Å²) in [6, 6.07) is 7.85. The predicted octanol–water partition coefficient (Wildman–Crippen LogP) is 3.25. The summed E-state index contributed by atoms with van der Waals surface area (Å²) in [4.78, 5) is 12.5. The second-order valence-corrected chi connectivity index (χ2v) is 6.59. The molecule has 106 valence electrons. The molecule has 0 spiro atoms. The topological polar surface area (TPSA) is 38.3 Å². The Labute approximate surface area is 119 Å². The van der Waals surface area contributed by atoms with Gasteiger partial charge in [-0.15, -0.1) is 0 Å². The largest absolute Gasteiger partial charge is 0.479 e. The van der Waals surface area contributed by atoms with Gasteiger partial charge in [0.15, 0.2) is 11.9 Å². The smallest absolute Gasteiger partial charge is 0.175 e. The summed E-state index contributed by atoms with van der Waals surface area (Å²) in [5.74, 6) is 3.44. The molecule has 0 aromatic heterocycles. The number of carbonyl (C=O) groups is 1. The third kappa shape index (κ3) is 2.09. The molecule has 3 nitrogen and oxygen atoms in total. The van der Waals surface area contributed by atoms with Gasteiger partial charge in [-0.2, -0.15) is 0 Å². The van der Waals surface area contributed by atoms with Gasteiger partial charge in [-0.1, -0.05) is 18.6 Å². The molecule has 1 N–H and O–H groups in total. The van der Waals surface area contributed by atoms with Gasteiger partial charge in [0, 0.05) is 6.42 Å². The molecule has 2 bridgehead atoms. The minimum absolute atomic E-state index is 0.282. The van der Waals surface area contributed by atoms with Crippen LogP contribution in [0, 0.1) is 17.8 Å². The van der Waals surface area contributed by atoms with Crippen LogP contribution in [0.1, 0.15) is 32.1 Å². The van der Waals surface area contributed by atoms with Crippen LogP contribution >= 0.6 is 0 Å². The molecule has 2 saturated carbocycles. The highest BCUT2D eigenvalue weighted by molar-refractivity contribution is 5.85. The molecule has 2 aliphatic carbocycles. The summed E-state index contributed by atoms with van der Waals surface area (Å²) in [5.41, 5.74) is 0.997. The number of hydrogen-bond donors (Lipinski definition) is 1. The van der Waals surface area contributed by atoms with Gasteiger partial charge >= 0.3 is 0 Å². The summed E-state index contributed by atoms with van der Waals surface area (Å²) < 4.78 is 5.87. The van der Waals surface area contributed by atoms with Crippen molar-refractivity contribution in [1.29, 1.82) is 0 Å². The van der Waals surface area contributed by atoms with Gasteiger partial charge in [0.25, 0.3) is 0 Å². The van der Waals surface area contributed by atoms with E-state index in [-0.39, 0.29) is 11.9 Å². The Balaban J connectivity index is 1.40. The Kier molecular flexibility index (Phi) is 2.94. The number of rotatable bonds is 3. The van der Waals surface area contributed by atoms with E-state index < -0.39 is 0 Å². The monoisotopic (exact) mass is 271 g/mol. The Morgan fingerprint density at radius 3 is 2.95 bits per heavy atom. The van der Waals surface area contributed by atoms with E-state index in [2.05, 4.69) is 5.32 Å². The lowest BCUT2D eigenvalue weighted by molar-refractivity contribution is -0.126. The van der Waals surface area contributed by atoms with E-state index in [1.54, 1.807) is 0 Å². The van der Waals surface area contributed by atoms with Crippen molar-refractivity contribution >= 4 is 11.5 Å². The molecule has 1 aromatic rings. The number of fused-ring (bicyclic) bond motifs is 3. The highest BCUT2D eigenvalue weighted by atomic mass is 16.5. The van der Waals surface area contributed by atoms with Gasteiger partial charge in [-0.3, -0.25) is 4.79 Å². The zero-order valence-electron chi connectivity index (χ0n) is 11.7. The van der Waals surface area contributed by atoms with Gasteiger partial charge in [-0.25, -0.2) is 0 Å². The Bertz CT molecular complexity index is 527. The average molecular weight is 271 g/mol. The second kappa shape index (κ2) is 4.80. The highest BCUT2D eigenvalue weighted by Gasteiger charge is 2.41. The number of Topliss-reactive ketones (excluding diaryl/α,β-unsaturated/α-hetero) is 1. The number of anilines is 1. The van der Waals surface area contributed by atoms with Crippen molar-refractivity contribution in [2.24, 2.45) is 17.8 Å². The summed E-state index contributed by atoms with van der Waals surface area (Å²) in [5, 5.41) is 3.31. The fraction of sp³-hybridized carbons (Fsp3) is 0.588. The van der Waals surface area contributed by atoms with E-state index in [0.29, 0.717) is 12.5 Å². The van der Waals surface area contributed by atoms with Crippen LogP contribution in [-0.4, -0.2) is 18.4 Å². The Morgan fingerprint density at radius 2 is 2.15 bits per heavy atom. The molecule has 1 aliphatic heterocycles. The molecule has 3 aliphatic rings. The summed E-state index contributed by atoms with van der Waals surface area (Å²) in [6.07, 6.45) is 5.79. The Morgan fingerprint density at radius 1 is 1.25 bits per heavy atom. The summed E-state index contributed by atoms with van der Waals surface area (Å²) >= 11 is 0. The third-order valence-corrected chi connectivity index (χ3v) is 5.34. The van der Waals surface area contributed by atoms with Crippen LogP contribution in [0.15, 0.2) is 24.3 Å². The van der Waals surface area contributed by atoms with Crippen LogP contribution in [0.2, 0.25) is 0 Å². The molecule has 0 saturated heterocycles. The van der Waals surface area contributed by atoms with Crippen LogP contribution in [0.5, 0.6) is 5.75 Å². The molecule has 4 unspecified atom stereocenters. The first-order valence-corrected chi connectivity index (χ1v) is 7.82. The number of ketones is 1. The molecule has 1 aromatic carbocycles. The van der Waals surface area contributed by atoms with E-state index in [1.165, 1.54) is 25.7 Å². The van der Waals surface area contributed by atoms with Gasteiger partial charge in [0.2, 0.25) is 0 Å². The lowest BCUT2D eigenvalue weighted by Crippen LogP contribution is -2.38. The van der Waals surface area contributed by atoms with E-state index >= 15 is 0 Å². The molecule has 20 heavy (non-hydrogen) atoms. The minimum atomic E-state index is -0.302. The van der Waals surface area contributed by atoms with Gasteiger partial charge in [0.05, 0.1) is 12.2 Å². The minimum Gasteiger partial charge on any atom is -0.479 e. The predicted molar refractivity (Wildman–Crippen MR) is 77.9 cm³/mol. The normalized spacial score (nSPS) is 34.2. The number of para-hydroxylation sites is 2. The first kappa shape index (κ1) is 12.2. The molecular weight excluding hydrogens is 250 g/mol. The molecule has 1 heterocycles. The third-order valence-electron chi connectivity index (χ3n) is 5.34. The molecule has 4 atom stereocenters. The van der Waals surface area contributed by atoms with Crippen LogP contribution in [0.4, 0.5) is 5.69 Å². The van der Waals surface area contributed by atoms with E-state index in [4.69, 9.17) is 4.74 Å². The van der Waals surface area contributed by atoms with Crippen molar-refractivity contribution in [2.75, 3.05) is 11.9 Å². The van der Waals surface area contributed by atoms with Crippen molar-refractivity contribution in [3.05, 3.63) is 24.3 Å². The van der Waals surface area contributed by atoms with Crippen LogP contribution in [-0.2, 0) is 4.79 Å². The summed E-state index contributed by atoms with van der Waals surface area (Å²) in [7, 11) is 0. The van der Waals surface area contributed by atoms with Crippen LogP contribution in [0.3, 0.4) is 0 Å². The molecule has 3 heteroatoms. The molecule has 4 rings (SSSR count). The van der Waals surface area contributed by atoms with Crippen LogP contribution < -0.4 is 10.1 Å². The SMILES string of the molecule is O=C(CC1CC2CCC1C2)C1CNc2ccccc2O1. The average Bonchev–Trinajstić information content (AvgIpc) is 3.09. The molecule has 0 amide bonds. The number of ether oxygens (including phenoxy) is 1. The Hall–Kier alpha value is -1.51.